The van der Waals surface area contributed by atoms with Gasteiger partial charge >= 0.3 is 30.0 Å². The number of anilines is 1. The summed E-state index contributed by atoms with van der Waals surface area (Å²) in [6.45, 7) is 3.17. The Labute approximate surface area is 184 Å². The Bertz CT molecular complexity index is 904. The minimum absolute atomic E-state index is 0.129. The second kappa shape index (κ2) is 9.85. The maximum Gasteiger partial charge on any atom is 0.441 e. The summed E-state index contributed by atoms with van der Waals surface area (Å²) in [7, 11) is 0. The van der Waals surface area contributed by atoms with Crippen molar-refractivity contribution in [2.24, 2.45) is 0 Å². The Balaban J connectivity index is 3.78. The van der Waals surface area contributed by atoms with Crippen molar-refractivity contribution in [1.82, 2.24) is 5.32 Å². The monoisotopic (exact) mass is 488 g/mol. The molecule has 1 aromatic rings. The number of alkyl halides is 6. The van der Waals surface area contributed by atoms with E-state index in [2.05, 4.69) is 9.47 Å². The predicted molar refractivity (Wildman–Crippen MR) is 101 cm³/mol. The normalized spacial score (nSPS) is 15.6. The fourth-order valence-corrected chi connectivity index (χ4v) is 2.71. The molecule has 0 saturated heterocycles. The molecule has 14 heteroatoms. The molecule has 3 N–H and O–H groups in total. The highest BCUT2D eigenvalue weighted by atomic mass is 19.4. The number of aliphatic hydroxyl groups is 1. The third-order valence-corrected chi connectivity index (χ3v) is 4.33. The standard InChI is InChI=1S/C19H22F6N2O6/c1-5-32-14(29)16(31,18(20,21)22)12-8-7-10(3)13(9-12)27-17(19(23,24)25,26-11(4)28)15(30)33-6-2/h7-9,27,31H,5-6H2,1-4H3,(H,26,28)/t16-,17+/m1/s1. The number of ether oxygens (including phenoxy) is 2. The third kappa shape index (κ3) is 5.49. The second-order valence-corrected chi connectivity index (χ2v) is 6.73. The number of halogens is 6. The zero-order chi connectivity index (χ0) is 25.8. The number of hydrogen-bond acceptors (Lipinski definition) is 7. The minimum Gasteiger partial charge on any atom is -0.463 e. The van der Waals surface area contributed by atoms with E-state index in [0.717, 1.165) is 6.07 Å². The van der Waals surface area contributed by atoms with Gasteiger partial charge in [0.2, 0.25) is 5.91 Å². The van der Waals surface area contributed by atoms with Gasteiger partial charge in [0.1, 0.15) is 0 Å². The van der Waals surface area contributed by atoms with Gasteiger partial charge in [0, 0.05) is 18.2 Å². The van der Waals surface area contributed by atoms with Crippen LogP contribution in [0.15, 0.2) is 18.2 Å². The molecule has 1 rings (SSSR count). The highest BCUT2D eigenvalue weighted by Gasteiger charge is 2.64. The summed E-state index contributed by atoms with van der Waals surface area (Å²) in [6.07, 6.45) is -11.2. The number of carbonyl (C=O) groups is 3. The van der Waals surface area contributed by atoms with Crippen LogP contribution in [-0.4, -0.2) is 54.2 Å². The van der Waals surface area contributed by atoms with E-state index >= 15 is 0 Å². The molecule has 0 unspecified atom stereocenters. The van der Waals surface area contributed by atoms with Gasteiger partial charge in [-0.25, -0.2) is 9.59 Å². The number of esters is 2. The molecule has 0 aliphatic carbocycles. The first-order chi connectivity index (χ1) is 15.0. The summed E-state index contributed by atoms with van der Waals surface area (Å²) >= 11 is 0. The SMILES string of the molecule is CCOC(=O)[C@](NC(C)=O)(Nc1cc([C@@](O)(C(=O)OCC)C(F)(F)F)ccc1C)C(F)(F)F. The number of rotatable bonds is 8. The largest absolute Gasteiger partial charge is 0.463 e. The summed E-state index contributed by atoms with van der Waals surface area (Å²) in [6, 6.07) is 1.91. The third-order valence-electron chi connectivity index (χ3n) is 4.33. The number of amides is 1. The lowest BCUT2D eigenvalue weighted by Gasteiger charge is -2.36. The van der Waals surface area contributed by atoms with Crippen molar-refractivity contribution in [2.45, 2.75) is 51.3 Å². The summed E-state index contributed by atoms with van der Waals surface area (Å²) in [5.74, 6) is -5.42. The molecule has 0 heterocycles. The van der Waals surface area contributed by atoms with Crippen molar-refractivity contribution in [3.8, 4) is 0 Å². The molecule has 0 aliphatic heterocycles. The van der Waals surface area contributed by atoms with Crippen molar-refractivity contribution in [1.29, 1.82) is 0 Å². The van der Waals surface area contributed by atoms with Gasteiger partial charge in [-0.15, -0.1) is 0 Å². The topological polar surface area (TPSA) is 114 Å². The van der Waals surface area contributed by atoms with Gasteiger partial charge in [0.15, 0.2) is 0 Å². The molecule has 0 aromatic heterocycles. The summed E-state index contributed by atoms with van der Waals surface area (Å²) in [4.78, 5) is 35.7. The van der Waals surface area contributed by atoms with Crippen molar-refractivity contribution in [2.75, 3.05) is 18.5 Å². The van der Waals surface area contributed by atoms with Gasteiger partial charge in [-0.2, -0.15) is 26.3 Å². The van der Waals surface area contributed by atoms with Gasteiger partial charge in [0.05, 0.1) is 13.2 Å². The van der Waals surface area contributed by atoms with Gasteiger partial charge in [-0.05, 0) is 32.4 Å². The number of carbonyl (C=O) groups excluding carboxylic acids is 3. The molecular formula is C19H22F6N2O6. The van der Waals surface area contributed by atoms with Crippen LogP contribution in [0.25, 0.3) is 0 Å². The molecule has 0 aliphatic rings. The van der Waals surface area contributed by atoms with Crippen molar-refractivity contribution in [3.63, 3.8) is 0 Å². The van der Waals surface area contributed by atoms with E-state index in [1.807, 2.05) is 0 Å². The molecular weight excluding hydrogens is 466 g/mol. The van der Waals surface area contributed by atoms with Crippen LogP contribution in [0.5, 0.6) is 0 Å². The zero-order valence-electron chi connectivity index (χ0n) is 17.9. The number of aryl methyl sites for hydroxylation is 1. The fourth-order valence-electron chi connectivity index (χ4n) is 2.71. The first kappa shape index (κ1) is 28.0. The molecule has 2 atom stereocenters. The van der Waals surface area contributed by atoms with E-state index in [9.17, 15) is 45.8 Å². The van der Waals surface area contributed by atoms with E-state index < -0.39 is 65.9 Å². The molecule has 186 valence electrons. The number of nitrogens with one attached hydrogen (secondary N) is 2. The minimum atomic E-state index is -5.62. The molecule has 1 amide bonds. The van der Waals surface area contributed by atoms with Gasteiger partial charge in [0.25, 0.3) is 5.60 Å². The maximum absolute atomic E-state index is 14.0. The Morgan fingerprint density at radius 3 is 1.88 bits per heavy atom. The van der Waals surface area contributed by atoms with E-state index in [4.69, 9.17) is 0 Å². The van der Waals surface area contributed by atoms with Gasteiger partial charge in [-0.3, -0.25) is 4.79 Å². The van der Waals surface area contributed by atoms with Crippen LogP contribution in [0.1, 0.15) is 31.9 Å². The average molecular weight is 488 g/mol. The smallest absolute Gasteiger partial charge is 0.441 e. The summed E-state index contributed by atoms with van der Waals surface area (Å²) in [5.41, 5.74) is -10.2. The van der Waals surface area contributed by atoms with Crippen LogP contribution in [0.4, 0.5) is 32.0 Å². The van der Waals surface area contributed by atoms with Crippen LogP contribution in [0, 0.1) is 6.92 Å². The van der Waals surface area contributed by atoms with Crippen LogP contribution in [-0.2, 0) is 29.5 Å². The highest BCUT2D eigenvalue weighted by molar-refractivity contribution is 5.91. The summed E-state index contributed by atoms with van der Waals surface area (Å²) in [5, 5.41) is 13.3. The fraction of sp³-hybridized carbons (Fsp3) is 0.526. The van der Waals surface area contributed by atoms with E-state index in [1.165, 1.54) is 26.1 Å². The first-order valence-corrected chi connectivity index (χ1v) is 9.36. The molecule has 1 aromatic carbocycles. The van der Waals surface area contributed by atoms with Crippen LogP contribution >= 0.6 is 0 Å². The average Bonchev–Trinajstić information content (AvgIpc) is 2.66. The Kier molecular flexibility index (Phi) is 8.36. The predicted octanol–water partition coefficient (Wildman–Crippen LogP) is 2.68. The Morgan fingerprint density at radius 1 is 0.939 bits per heavy atom. The molecule has 33 heavy (non-hydrogen) atoms. The van der Waals surface area contributed by atoms with Crippen molar-refractivity contribution < 1.29 is 55.3 Å². The van der Waals surface area contributed by atoms with E-state index in [0.29, 0.717) is 19.1 Å². The van der Waals surface area contributed by atoms with Crippen LogP contribution in [0.3, 0.4) is 0 Å². The zero-order valence-corrected chi connectivity index (χ0v) is 17.9. The lowest BCUT2D eigenvalue weighted by atomic mass is 9.91. The van der Waals surface area contributed by atoms with Crippen molar-refractivity contribution >= 4 is 23.5 Å². The maximum atomic E-state index is 14.0. The molecule has 0 spiro atoms. The lowest BCUT2D eigenvalue weighted by Crippen LogP contribution is -2.69. The molecule has 0 radical (unpaired) electrons. The lowest BCUT2D eigenvalue weighted by molar-refractivity contribution is -0.267. The molecule has 0 fully saturated rings. The highest BCUT2D eigenvalue weighted by Crippen LogP contribution is 2.42. The molecule has 8 nitrogen and oxygen atoms in total. The Morgan fingerprint density at radius 2 is 1.45 bits per heavy atom. The van der Waals surface area contributed by atoms with Gasteiger partial charge < -0.3 is 25.2 Å². The quantitative estimate of drug-likeness (QED) is 0.293. The molecule has 0 bridgehead atoms. The molecule has 0 saturated carbocycles. The van der Waals surface area contributed by atoms with Crippen LogP contribution in [0.2, 0.25) is 0 Å². The number of hydrogen-bond donors (Lipinski definition) is 3. The van der Waals surface area contributed by atoms with Gasteiger partial charge in [-0.1, -0.05) is 12.1 Å². The summed E-state index contributed by atoms with van der Waals surface area (Å²) < 4.78 is 91.6. The number of benzene rings is 1. The van der Waals surface area contributed by atoms with Crippen molar-refractivity contribution in [3.05, 3.63) is 29.3 Å². The Hall–Kier alpha value is -3.03. The second-order valence-electron chi connectivity index (χ2n) is 6.73. The van der Waals surface area contributed by atoms with E-state index in [1.54, 1.807) is 5.32 Å². The first-order valence-electron chi connectivity index (χ1n) is 9.36. The van der Waals surface area contributed by atoms with E-state index in [-0.39, 0.29) is 5.56 Å². The van der Waals surface area contributed by atoms with Crippen LogP contribution < -0.4 is 10.6 Å².